The Bertz CT molecular complexity index is 547. The molecular formula is C15H24N4O2S2. The maximum atomic E-state index is 12.4. The molecule has 0 aliphatic carbocycles. The SMILES string of the molecule is CSCc1nc(CNC(=O)C2CCCN(C(=O)N(C)C)C2)cs1. The lowest BCUT2D eigenvalue weighted by atomic mass is 9.97. The molecule has 0 radical (unpaired) electrons. The van der Waals surface area contributed by atoms with Crippen LogP contribution in [-0.4, -0.2) is 60.2 Å². The topological polar surface area (TPSA) is 65.5 Å². The van der Waals surface area contributed by atoms with Crippen molar-refractivity contribution in [3.63, 3.8) is 0 Å². The molecule has 0 saturated carbocycles. The summed E-state index contributed by atoms with van der Waals surface area (Å²) < 4.78 is 0. The first-order chi connectivity index (χ1) is 11.0. The van der Waals surface area contributed by atoms with E-state index >= 15 is 0 Å². The summed E-state index contributed by atoms with van der Waals surface area (Å²) in [5.41, 5.74) is 0.907. The number of urea groups is 1. The highest BCUT2D eigenvalue weighted by Gasteiger charge is 2.28. The van der Waals surface area contributed by atoms with Crippen molar-refractivity contribution in [2.45, 2.75) is 25.1 Å². The van der Waals surface area contributed by atoms with Gasteiger partial charge in [-0.1, -0.05) is 0 Å². The molecule has 1 N–H and O–H groups in total. The van der Waals surface area contributed by atoms with Crippen molar-refractivity contribution in [2.24, 2.45) is 5.92 Å². The number of thiazole rings is 1. The Morgan fingerprint density at radius 2 is 2.30 bits per heavy atom. The monoisotopic (exact) mass is 356 g/mol. The molecule has 8 heteroatoms. The normalized spacial score (nSPS) is 17.9. The lowest BCUT2D eigenvalue weighted by molar-refractivity contribution is -0.126. The van der Waals surface area contributed by atoms with Crippen molar-refractivity contribution in [3.8, 4) is 0 Å². The quantitative estimate of drug-likeness (QED) is 0.876. The molecule has 23 heavy (non-hydrogen) atoms. The van der Waals surface area contributed by atoms with Gasteiger partial charge in [-0.15, -0.1) is 11.3 Å². The van der Waals surface area contributed by atoms with Gasteiger partial charge in [0.15, 0.2) is 0 Å². The molecule has 0 aromatic carbocycles. The van der Waals surface area contributed by atoms with Crippen LogP contribution in [0.3, 0.4) is 0 Å². The van der Waals surface area contributed by atoms with Crippen molar-refractivity contribution < 1.29 is 9.59 Å². The van der Waals surface area contributed by atoms with E-state index in [9.17, 15) is 9.59 Å². The first-order valence-electron chi connectivity index (χ1n) is 7.67. The van der Waals surface area contributed by atoms with E-state index in [0.29, 0.717) is 13.1 Å². The highest BCUT2D eigenvalue weighted by Crippen LogP contribution is 2.18. The Kier molecular flexibility index (Phi) is 6.71. The van der Waals surface area contributed by atoms with Crippen LogP contribution in [0.4, 0.5) is 4.79 Å². The molecule has 0 spiro atoms. The minimum atomic E-state index is -0.128. The highest BCUT2D eigenvalue weighted by atomic mass is 32.2. The van der Waals surface area contributed by atoms with Crippen LogP contribution in [0.2, 0.25) is 0 Å². The molecule has 1 aromatic heterocycles. The maximum Gasteiger partial charge on any atom is 0.319 e. The molecule has 1 aliphatic rings. The molecule has 1 saturated heterocycles. The van der Waals surface area contributed by atoms with Crippen molar-refractivity contribution in [1.82, 2.24) is 20.1 Å². The number of piperidine rings is 1. The number of amides is 3. The van der Waals surface area contributed by atoms with Crippen molar-refractivity contribution in [1.29, 1.82) is 0 Å². The molecule has 1 aromatic rings. The van der Waals surface area contributed by atoms with E-state index < -0.39 is 0 Å². The van der Waals surface area contributed by atoms with Crippen molar-refractivity contribution >= 4 is 35.0 Å². The van der Waals surface area contributed by atoms with E-state index in [1.807, 2.05) is 11.6 Å². The molecule has 1 unspecified atom stereocenters. The zero-order valence-corrected chi connectivity index (χ0v) is 15.5. The van der Waals surface area contributed by atoms with E-state index in [-0.39, 0.29) is 17.9 Å². The molecule has 2 heterocycles. The molecule has 1 fully saturated rings. The van der Waals surface area contributed by atoms with Crippen LogP contribution < -0.4 is 5.32 Å². The van der Waals surface area contributed by atoms with Gasteiger partial charge in [-0.05, 0) is 19.1 Å². The molecule has 128 valence electrons. The zero-order chi connectivity index (χ0) is 16.8. The number of hydrogen-bond acceptors (Lipinski definition) is 5. The number of thioether (sulfide) groups is 1. The second-order valence-electron chi connectivity index (χ2n) is 5.85. The average molecular weight is 357 g/mol. The predicted molar refractivity (Wildman–Crippen MR) is 94.6 cm³/mol. The molecule has 1 atom stereocenters. The molecule has 0 bridgehead atoms. The number of aromatic nitrogens is 1. The summed E-state index contributed by atoms with van der Waals surface area (Å²) in [5.74, 6) is 0.792. The number of carbonyl (C=O) groups excluding carboxylic acids is 2. The van der Waals surface area contributed by atoms with Gasteiger partial charge >= 0.3 is 6.03 Å². The Balaban J connectivity index is 1.83. The predicted octanol–water partition coefficient (Wildman–Crippen LogP) is 2.02. The van der Waals surface area contributed by atoms with Gasteiger partial charge in [0.1, 0.15) is 5.01 Å². The summed E-state index contributed by atoms with van der Waals surface area (Å²) in [6.07, 6.45) is 3.75. The summed E-state index contributed by atoms with van der Waals surface area (Å²) >= 11 is 3.37. The van der Waals surface area contributed by atoms with Gasteiger partial charge in [0.25, 0.3) is 0 Å². The number of nitrogens with one attached hydrogen (secondary N) is 1. The number of hydrogen-bond donors (Lipinski definition) is 1. The molecular weight excluding hydrogens is 332 g/mol. The van der Waals surface area contributed by atoms with E-state index in [1.165, 1.54) is 0 Å². The van der Waals surface area contributed by atoms with E-state index in [2.05, 4.69) is 10.3 Å². The average Bonchev–Trinajstić information content (AvgIpc) is 3.00. The van der Waals surface area contributed by atoms with E-state index in [4.69, 9.17) is 0 Å². The third-order valence-electron chi connectivity index (χ3n) is 3.76. The maximum absolute atomic E-state index is 12.4. The first kappa shape index (κ1) is 18.1. The second kappa shape index (κ2) is 8.54. The van der Waals surface area contributed by atoms with Crippen LogP contribution in [-0.2, 0) is 17.1 Å². The van der Waals surface area contributed by atoms with Crippen LogP contribution in [0.25, 0.3) is 0 Å². The lowest BCUT2D eigenvalue weighted by Crippen LogP contribution is -2.48. The number of rotatable bonds is 5. The van der Waals surface area contributed by atoms with Crippen molar-refractivity contribution in [2.75, 3.05) is 33.4 Å². The van der Waals surface area contributed by atoms with Gasteiger partial charge in [0, 0.05) is 38.3 Å². The summed E-state index contributed by atoms with van der Waals surface area (Å²) in [4.78, 5) is 32.2. The Hall–Kier alpha value is -1.28. The number of carbonyl (C=O) groups is 2. The van der Waals surface area contributed by atoms with Gasteiger partial charge in [-0.3, -0.25) is 4.79 Å². The van der Waals surface area contributed by atoms with Crippen LogP contribution in [0, 0.1) is 5.92 Å². The summed E-state index contributed by atoms with van der Waals surface area (Å²) in [6.45, 7) is 1.68. The van der Waals surface area contributed by atoms with Crippen LogP contribution in [0.5, 0.6) is 0 Å². The molecule has 6 nitrogen and oxygen atoms in total. The summed E-state index contributed by atoms with van der Waals surface area (Å²) in [6, 6.07) is -0.0243. The fourth-order valence-electron chi connectivity index (χ4n) is 2.59. The van der Waals surface area contributed by atoms with Crippen LogP contribution in [0.15, 0.2) is 5.38 Å². The third-order valence-corrected chi connectivity index (χ3v) is 5.40. The minimum absolute atomic E-state index is 0.0145. The second-order valence-corrected chi connectivity index (χ2v) is 7.65. The fraction of sp³-hybridized carbons (Fsp3) is 0.667. The molecule has 3 amide bonds. The first-order valence-corrected chi connectivity index (χ1v) is 9.94. The van der Waals surface area contributed by atoms with Gasteiger partial charge in [0.2, 0.25) is 5.91 Å². The Morgan fingerprint density at radius 1 is 1.52 bits per heavy atom. The van der Waals surface area contributed by atoms with Gasteiger partial charge in [-0.25, -0.2) is 9.78 Å². The van der Waals surface area contributed by atoms with Crippen LogP contribution >= 0.6 is 23.1 Å². The van der Waals surface area contributed by atoms with Gasteiger partial charge < -0.3 is 15.1 Å². The van der Waals surface area contributed by atoms with Gasteiger partial charge in [0.05, 0.1) is 18.2 Å². The lowest BCUT2D eigenvalue weighted by Gasteiger charge is -2.33. The molecule has 1 aliphatic heterocycles. The van der Waals surface area contributed by atoms with E-state index in [1.54, 1.807) is 47.0 Å². The Labute approximate surface area is 145 Å². The van der Waals surface area contributed by atoms with E-state index in [0.717, 1.165) is 35.8 Å². The zero-order valence-electron chi connectivity index (χ0n) is 13.9. The van der Waals surface area contributed by atoms with Gasteiger partial charge in [-0.2, -0.15) is 11.8 Å². The summed E-state index contributed by atoms with van der Waals surface area (Å²) in [7, 11) is 3.47. The minimum Gasteiger partial charge on any atom is -0.350 e. The standard InChI is InChI=1S/C15H24N4O2S2/c1-18(2)15(21)19-6-4-5-11(8-19)14(20)16-7-12-9-23-13(17-12)10-22-3/h9,11H,4-8,10H2,1-3H3,(H,16,20). The third kappa shape index (κ3) is 5.10. The smallest absolute Gasteiger partial charge is 0.319 e. The van der Waals surface area contributed by atoms with Crippen LogP contribution in [0.1, 0.15) is 23.5 Å². The number of likely N-dealkylation sites (tertiary alicyclic amines) is 1. The summed E-state index contributed by atoms with van der Waals surface area (Å²) in [5, 5.41) is 6.04. The number of nitrogens with zero attached hydrogens (tertiary/aromatic N) is 3. The largest absolute Gasteiger partial charge is 0.350 e. The Morgan fingerprint density at radius 3 is 3.00 bits per heavy atom. The fourth-order valence-corrected chi connectivity index (χ4v) is 4.10. The molecule has 2 rings (SSSR count). The van der Waals surface area contributed by atoms with Crippen molar-refractivity contribution in [3.05, 3.63) is 16.1 Å². The highest BCUT2D eigenvalue weighted by molar-refractivity contribution is 7.97.